The van der Waals surface area contributed by atoms with Gasteiger partial charge in [0, 0.05) is 18.5 Å². The van der Waals surface area contributed by atoms with Crippen LogP contribution in [0.3, 0.4) is 0 Å². The van der Waals surface area contributed by atoms with Gasteiger partial charge in [-0.3, -0.25) is 14.4 Å². The predicted octanol–water partition coefficient (Wildman–Crippen LogP) is 5.06. The maximum absolute atomic E-state index is 12.2. The van der Waals surface area contributed by atoms with E-state index in [1.54, 1.807) is 37.4 Å². The number of benzene rings is 1. The van der Waals surface area contributed by atoms with Crippen molar-refractivity contribution in [2.75, 3.05) is 31.7 Å². The highest BCUT2D eigenvalue weighted by Crippen LogP contribution is 2.42. The van der Waals surface area contributed by atoms with Gasteiger partial charge in [0.05, 0.1) is 42.2 Å². The normalized spacial score (nSPS) is 11.5. The van der Waals surface area contributed by atoms with Gasteiger partial charge in [-0.2, -0.15) is 0 Å². The van der Waals surface area contributed by atoms with Crippen LogP contribution in [0.25, 0.3) is 0 Å². The van der Waals surface area contributed by atoms with Crippen molar-refractivity contribution in [2.24, 2.45) is 0 Å². The first-order valence-electron chi connectivity index (χ1n) is 9.50. The highest BCUT2D eigenvalue weighted by Gasteiger charge is 2.22. The van der Waals surface area contributed by atoms with Gasteiger partial charge in [0.15, 0.2) is 5.13 Å². The lowest BCUT2D eigenvalue weighted by Gasteiger charge is -2.17. The minimum Gasteiger partial charge on any atom is -0.374 e. The number of nitrogens with zero attached hydrogens (tertiary/aromatic N) is 1. The van der Waals surface area contributed by atoms with Crippen molar-refractivity contribution >= 4 is 53.4 Å². The Balaban J connectivity index is 1.68. The molecule has 0 saturated heterocycles. The van der Waals surface area contributed by atoms with Crippen LogP contribution in [-0.2, 0) is 31.5 Å². The molecule has 13 heteroatoms. The second-order valence-corrected chi connectivity index (χ2v) is 9.49. The average molecular weight is 511 g/mol. The third-order valence-electron chi connectivity index (χ3n) is 3.61. The van der Waals surface area contributed by atoms with Crippen LogP contribution < -0.4 is 15.7 Å². The highest BCUT2D eigenvalue weighted by molar-refractivity contribution is 7.51. The summed E-state index contributed by atoms with van der Waals surface area (Å²) in [6, 6.07) is 4.76. The van der Waals surface area contributed by atoms with Crippen molar-refractivity contribution in [2.45, 2.75) is 27.0 Å². The van der Waals surface area contributed by atoms with Crippen molar-refractivity contribution in [3.05, 3.63) is 44.9 Å². The molecule has 1 heterocycles. The molecule has 2 amide bonds. The van der Waals surface area contributed by atoms with E-state index in [1.807, 2.05) is 0 Å². The van der Waals surface area contributed by atoms with Crippen molar-refractivity contribution in [3.63, 3.8) is 0 Å². The minimum atomic E-state index is -3.29. The lowest BCUT2D eigenvalue weighted by atomic mass is 10.2. The number of hydrogen-bond acceptors (Lipinski definition) is 7. The Labute approximate surface area is 195 Å². The number of ether oxygens (including phenoxy) is 1. The second-order valence-electron chi connectivity index (χ2n) is 5.99. The van der Waals surface area contributed by atoms with Crippen LogP contribution in [0.5, 0.6) is 0 Å². The molecule has 0 aliphatic carbocycles. The molecule has 1 aromatic carbocycles. The molecular formula is C18H25Cl2N4O5PS. The number of carbonyl (C=O) groups excluding carboxylic acids is 1. The lowest BCUT2D eigenvalue weighted by molar-refractivity contribution is 0.120. The summed E-state index contributed by atoms with van der Waals surface area (Å²) in [7, 11) is -3.29. The van der Waals surface area contributed by atoms with E-state index in [1.165, 1.54) is 11.3 Å². The first-order valence-corrected chi connectivity index (χ1v) is 12.7. The molecule has 3 N–H and O–H groups in total. The molecule has 0 radical (unpaired) electrons. The zero-order valence-electron chi connectivity index (χ0n) is 17.2. The number of hydrogen-bond donors (Lipinski definition) is 3. The van der Waals surface area contributed by atoms with Crippen LogP contribution in [0.1, 0.15) is 25.1 Å². The monoisotopic (exact) mass is 510 g/mol. The Hall–Kier alpha value is -1.23. The fourth-order valence-corrected chi connectivity index (χ4v) is 4.62. The van der Waals surface area contributed by atoms with Gasteiger partial charge < -0.3 is 10.1 Å². The number of carbonyl (C=O) groups is 1. The molecule has 2 aromatic rings. The lowest BCUT2D eigenvalue weighted by Crippen LogP contribution is -2.28. The van der Waals surface area contributed by atoms with Gasteiger partial charge >= 0.3 is 13.8 Å². The number of nitrogens with one attached hydrogen (secondary N) is 3. The number of aromatic nitrogens is 1. The van der Waals surface area contributed by atoms with E-state index in [-0.39, 0.29) is 32.5 Å². The second kappa shape index (κ2) is 13.3. The first kappa shape index (κ1) is 26.0. The summed E-state index contributed by atoms with van der Waals surface area (Å²) < 4.78 is 28.0. The number of anilines is 1. The summed E-state index contributed by atoms with van der Waals surface area (Å²) in [6.45, 7) is 5.17. The van der Waals surface area contributed by atoms with Crippen molar-refractivity contribution in [3.8, 4) is 0 Å². The van der Waals surface area contributed by atoms with Gasteiger partial charge in [-0.15, -0.1) is 11.3 Å². The number of urea groups is 1. The summed E-state index contributed by atoms with van der Waals surface area (Å²) in [5.41, 5.74) is 1.49. The molecule has 2 rings (SSSR count). The molecule has 9 nitrogen and oxygen atoms in total. The molecule has 0 spiro atoms. The molecule has 0 aliphatic rings. The smallest absolute Gasteiger partial charge is 0.374 e. The Morgan fingerprint density at radius 2 is 1.94 bits per heavy atom. The number of halogens is 2. The largest absolute Gasteiger partial charge is 0.405 e. The summed E-state index contributed by atoms with van der Waals surface area (Å²) in [5, 5.41) is 11.2. The molecule has 0 fully saturated rings. The fraction of sp³-hybridized carbons (Fsp3) is 0.444. The third kappa shape index (κ3) is 9.43. The van der Waals surface area contributed by atoms with Crippen LogP contribution in [0.4, 0.5) is 9.93 Å². The molecule has 0 unspecified atom stereocenters. The molecular weight excluding hydrogens is 486 g/mol. The van der Waals surface area contributed by atoms with E-state index in [0.29, 0.717) is 34.0 Å². The summed E-state index contributed by atoms with van der Waals surface area (Å²) >= 11 is 13.1. The van der Waals surface area contributed by atoms with E-state index in [4.69, 9.17) is 37.0 Å². The van der Waals surface area contributed by atoms with Gasteiger partial charge in [0.25, 0.3) is 0 Å². The molecule has 31 heavy (non-hydrogen) atoms. The quantitative estimate of drug-likeness (QED) is 0.255. The van der Waals surface area contributed by atoms with Gasteiger partial charge in [-0.25, -0.2) is 19.4 Å². The van der Waals surface area contributed by atoms with Gasteiger partial charge in [0.2, 0.25) is 0 Å². The van der Waals surface area contributed by atoms with Crippen LogP contribution in [0.2, 0.25) is 10.0 Å². The van der Waals surface area contributed by atoms with E-state index >= 15 is 0 Å². The molecule has 1 aromatic heterocycles. The van der Waals surface area contributed by atoms with Crippen LogP contribution in [0.15, 0.2) is 23.6 Å². The fourth-order valence-electron chi connectivity index (χ4n) is 2.30. The number of thiazole rings is 1. The topological polar surface area (TPSA) is 111 Å². The molecule has 0 saturated carbocycles. The van der Waals surface area contributed by atoms with E-state index < -0.39 is 7.75 Å². The number of amides is 2. The zero-order chi connectivity index (χ0) is 22.7. The Bertz CT molecular complexity index is 892. The summed E-state index contributed by atoms with van der Waals surface area (Å²) in [4.78, 5) is 16.3. The van der Waals surface area contributed by atoms with Crippen LogP contribution in [-0.4, -0.2) is 37.4 Å². The maximum atomic E-state index is 12.2. The molecule has 172 valence electrons. The van der Waals surface area contributed by atoms with E-state index in [2.05, 4.69) is 20.7 Å². The summed E-state index contributed by atoms with van der Waals surface area (Å²) in [5.74, 6) is 0. The van der Waals surface area contributed by atoms with Crippen molar-refractivity contribution in [1.29, 1.82) is 0 Å². The molecule has 0 bridgehead atoms. The van der Waals surface area contributed by atoms with E-state index in [9.17, 15) is 9.36 Å². The van der Waals surface area contributed by atoms with Gasteiger partial charge in [-0.1, -0.05) is 29.3 Å². The van der Waals surface area contributed by atoms with Gasteiger partial charge in [0.1, 0.15) is 0 Å². The predicted molar refractivity (Wildman–Crippen MR) is 123 cm³/mol. The molecule has 0 atom stereocenters. The number of rotatable bonds is 13. The SMILES string of the molecule is CCOP(=O)(NCCOCc1csc(NC(=O)NCc2ccc(Cl)c(Cl)c2)n1)OCC. The van der Waals surface area contributed by atoms with Crippen molar-refractivity contribution in [1.82, 2.24) is 15.4 Å². The standard InChI is InChI=1S/C18H25Cl2N4O5PS/c1-3-28-30(26,29-4-2)22-7-8-27-11-14-12-31-18(23-14)24-17(25)21-10-13-5-6-15(19)16(20)9-13/h5-6,9,12H,3-4,7-8,10-11H2,1-2H3,(H,22,26)(H2,21,23,24,25). The summed E-state index contributed by atoms with van der Waals surface area (Å²) in [6.07, 6.45) is 0. The first-order chi connectivity index (χ1) is 14.8. The van der Waals surface area contributed by atoms with Crippen LogP contribution in [0, 0.1) is 0 Å². The average Bonchev–Trinajstić information content (AvgIpc) is 3.16. The maximum Gasteiger partial charge on any atom is 0.405 e. The van der Waals surface area contributed by atoms with Gasteiger partial charge in [-0.05, 0) is 31.5 Å². The van der Waals surface area contributed by atoms with E-state index in [0.717, 1.165) is 5.56 Å². The Morgan fingerprint density at radius 3 is 2.61 bits per heavy atom. The minimum absolute atomic E-state index is 0.248. The van der Waals surface area contributed by atoms with Crippen LogP contribution >= 0.6 is 42.3 Å². The Kier molecular flexibility index (Phi) is 11.2. The highest BCUT2D eigenvalue weighted by atomic mass is 35.5. The Morgan fingerprint density at radius 1 is 1.19 bits per heavy atom. The van der Waals surface area contributed by atoms with Crippen molar-refractivity contribution < 1.29 is 23.1 Å². The molecule has 0 aliphatic heterocycles. The zero-order valence-corrected chi connectivity index (χ0v) is 20.4. The third-order valence-corrected chi connectivity index (χ3v) is 6.96.